The molecule has 5 nitrogen and oxygen atoms in total. The van der Waals surface area contributed by atoms with Crippen LogP contribution in [0.4, 0.5) is 5.69 Å². The highest BCUT2D eigenvalue weighted by Crippen LogP contribution is 2.16. The van der Waals surface area contributed by atoms with Crippen molar-refractivity contribution in [2.24, 2.45) is 0 Å². The first-order valence-corrected chi connectivity index (χ1v) is 9.54. The predicted molar refractivity (Wildman–Crippen MR) is 105 cm³/mol. The quantitative estimate of drug-likeness (QED) is 0.677. The number of rotatable bonds is 9. The molecule has 0 fully saturated rings. The lowest BCUT2D eigenvalue weighted by atomic mass is 10.2. The second-order valence-corrected chi connectivity index (χ2v) is 6.63. The van der Waals surface area contributed by atoms with E-state index in [9.17, 15) is 9.59 Å². The summed E-state index contributed by atoms with van der Waals surface area (Å²) in [6, 6.07) is 15.2. The van der Waals surface area contributed by atoms with Gasteiger partial charge in [0.15, 0.2) is 6.61 Å². The first-order chi connectivity index (χ1) is 12.6. The van der Waals surface area contributed by atoms with Gasteiger partial charge in [-0.25, -0.2) is 0 Å². The first kappa shape index (κ1) is 19.8. The molecule has 26 heavy (non-hydrogen) atoms. The number of aryl methyl sites for hydroxylation is 1. The number of benzene rings is 2. The number of thioether (sulfide) groups is 1. The van der Waals surface area contributed by atoms with Gasteiger partial charge in [0.25, 0.3) is 5.91 Å². The summed E-state index contributed by atoms with van der Waals surface area (Å²) in [5.41, 5.74) is 2.99. The number of hydrogen-bond donors (Lipinski definition) is 1. The Balaban J connectivity index is 1.64. The SMILES string of the molecule is CCOc1ccc(NC(=O)COC(=O)CSCc2ccc(C)cc2)cc1. The van der Waals surface area contributed by atoms with Crippen molar-refractivity contribution in [2.45, 2.75) is 19.6 Å². The second kappa shape index (κ2) is 10.5. The van der Waals surface area contributed by atoms with Crippen molar-refractivity contribution in [2.75, 3.05) is 24.3 Å². The van der Waals surface area contributed by atoms with Crippen LogP contribution in [0.5, 0.6) is 5.75 Å². The molecule has 0 bridgehead atoms. The minimum Gasteiger partial charge on any atom is -0.494 e. The maximum Gasteiger partial charge on any atom is 0.316 e. The summed E-state index contributed by atoms with van der Waals surface area (Å²) < 4.78 is 10.3. The van der Waals surface area contributed by atoms with Crippen molar-refractivity contribution in [1.29, 1.82) is 0 Å². The molecular weight excluding hydrogens is 350 g/mol. The van der Waals surface area contributed by atoms with E-state index >= 15 is 0 Å². The monoisotopic (exact) mass is 373 g/mol. The fraction of sp³-hybridized carbons (Fsp3) is 0.300. The number of carbonyl (C=O) groups is 2. The standard InChI is InChI=1S/C20H23NO4S/c1-3-24-18-10-8-17(9-11-18)21-19(22)12-25-20(23)14-26-13-16-6-4-15(2)5-7-16/h4-11H,3,12-14H2,1-2H3,(H,21,22). The van der Waals surface area contributed by atoms with Crippen molar-refractivity contribution >= 4 is 29.3 Å². The van der Waals surface area contributed by atoms with Crippen LogP contribution in [-0.2, 0) is 20.1 Å². The molecule has 0 heterocycles. The lowest BCUT2D eigenvalue weighted by molar-refractivity contribution is -0.144. The van der Waals surface area contributed by atoms with E-state index in [1.165, 1.54) is 17.3 Å². The van der Waals surface area contributed by atoms with Crippen LogP contribution in [0.25, 0.3) is 0 Å². The minimum atomic E-state index is -0.399. The lowest BCUT2D eigenvalue weighted by Gasteiger charge is -2.08. The largest absolute Gasteiger partial charge is 0.494 e. The molecular formula is C20H23NO4S. The molecule has 2 rings (SSSR count). The number of amides is 1. The molecule has 1 N–H and O–H groups in total. The molecule has 0 spiro atoms. The molecule has 0 atom stereocenters. The molecule has 0 radical (unpaired) electrons. The molecule has 0 aliphatic heterocycles. The summed E-state index contributed by atoms with van der Waals surface area (Å²) in [6.07, 6.45) is 0. The van der Waals surface area contributed by atoms with Crippen LogP contribution in [-0.4, -0.2) is 30.8 Å². The molecule has 0 saturated carbocycles. The number of ether oxygens (including phenoxy) is 2. The van der Waals surface area contributed by atoms with E-state index in [1.807, 2.05) is 38.1 Å². The third-order valence-electron chi connectivity index (χ3n) is 3.42. The summed E-state index contributed by atoms with van der Waals surface area (Å²) in [4.78, 5) is 23.5. The van der Waals surface area contributed by atoms with Crippen LogP contribution < -0.4 is 10.1 Å². The number of nitrogens with one attached hydrogen (secondary N) is 1. The molecule has 0 aromatic heterocycles. The topological polar surface area (TPSA) is 64.6 Å². The second-order valence-electron chi connectivity index (χ2n) is 5.64. The van der Waals surface area contributed by atoms with Gasteiger partial charge in [0.2, 0.25) is 0 Å². The molecule has 2 aromatic carbocycles. The molecule has 0 saturated heterocycles. The van der Waals surface area contributed by atoms with E-state index in [1.54, 1.807) is 24.3 Å². The van der Waals surface area contributed by atoms with Gasteiger partial charge in [-0.15, -0.1) is 11.8 Å². The van der Waals surface area contributed by atoms with E-state index in [0.29, 0.717) is 12.3 Å². The van der Waals surface area contributed by atoms with Gasteiger partial charge in [0, 0.05) is 11.4 Å². The average Bonchev–Trinajstić information content (AvgIpc) is 2.63. The Morgan fingerprint density at radius 1 is 1.04 bits per heavy atom. The maximum atomic E-state index is 11.8. The van der Waals surface area contributed by atoms with Gasteiger partial charge in [-0.2, -0.15) is 0 Å². The smallest absolute Gasteiger partial charge is 0.316 e. The summed E-state index contributed by atoms with van der Waals surface area (Å²) >= 11 is 1.46. The number of esters is 1. The zero-order valence-corrected chi connectivity index (χ0v) is 15.8. The Hall–Kier alpha value is -2.47. The summed E-state index contributed by atoms with van der Waals surface area (Å²) in [6.45, 7) is 4.23. The molecule has 2 aromatic rings. The van der Waals surface area contributed by atoms with Crippen molar-refractivity contribution in [3.8, 4) is 5.75 Å². The number of hydrogen-bond acceptors (Lipinski definition) is 5. The van der Waals surface area contributed by atoms with Crippen LogP contribution in [0.2, 0.25) is 0 Å². The molecule has 138 valence electrons. The number of anilines is 1. The highest BCUT2D eigenvalue weighted by Gasteiger charge is 2.08. The molecule has 0 aliphatic rings. The van der Waals surface area contributed by atoms with E-state index in [2.05, 4.69) is 5.32 Å². The summed E-state index contributed by atoms with van der Waals surface area (Å²) in [5, 5.41) is 2.68. The lowest BCUT2D eigenvalue weighted by Crippen LogP contribution is -2.21. The Morgan fingerprint density at radius 2 is 1.73 bits per heavy atom. The van der Waals surface area contributed by atoms with Gasteiger partial charge in [0.05, 0.1) is 12.4 Å². The van der Waals surface area contributed by atoms with Crippen LogP contribution in [0.15, 0.2) is 48.5 Å². The number of carbonyl (C=O) groups excluding carboxylic acids is 2. The van der Waals surface area contributed by atoms with Crippen LogP contribution >= 0.6 is 11.8 Å². The fourth-order valence-electron chi connectivity index (χ4n) is 2.12. The van der Waals surface area contributed by atoms with Gasteiger partial charge in [-0.05, 0) is 43.7 Å². The van der Waals surface area contributed by atoms with Crippen molar-refractivity contribution in [3.05, 3.63) is 59.7 Å². The van der Waals surface area contributed by atoms with E-state index in [4.69, 9.17) is 9.47 Å². The first-order valence-electron chi connectivity index (χ1n) is 8.38. The molecule has 0 unspecified atom stereocenters. The Labute approximate surface area is 158 Å². The fourth-order valence-corrected chi connectivity index (χ4v) is 2.90. The highest BCUT2D eigenvalue weighted by atomic mass is 32.2. The van der Waals surface area contributed by atoms with Gasteiger partial charge in [-0.3, -0.25) is 9.59 Å². The van der Waals surface area contributed by atoms with Crippen LogP contribution in [0.3, 0.4) is 0 Å². The van der Waals surface area contributed by atoms with E-state index in [-0.39, 0.29) is 18.3 Å². The van der Waals surface area contributed by atoms with E-state index < -0.39 is 5.97 Å². The van der Waals surface area contributed by atoms with Crippen molar-refractivity contribution < 1.29 is 19.1 Å². The van der Waals surface area contributed by atoms with Crippen molar-refractivity contribution in [3.63, 3.8) is 0 Å². The highest BCUT2D eigenvalue weighted by molar-refractivity contribution is 7.99. The zero-order valence-electron chi connectivity index (χ0n) is 15.0. The normalized spacial score (nSPS) is 10.2. The predicted octanol–water partition coefficient (Wildman–Crippen LogP) is 3.81. The Kier molecular flexibility index (Phi) is 8.02. The zero-order chi connectivity index (χ0) is 18.8. The third-order valence-corrected chi connectivity index (χ3v) is 4.40. The van der Waals surface area contributed by atoms with Gasteiger partial charge in [0.1, 0.15) is 5.75 Å². The van der Waals surface area contributed by atoms with Gasteiger partial charge in [-0.1, -0.05) is 29.8 Å². The third kappa shape index (κ3) is 7.19. The Bertz CT molecular complexity index is 714. The summed E-state index contributed by atoms with van der Waals surface area (Å²) in [7, 11) is 0. The molecule has 0 aliphatic carbocycles. The summed E-state index contributed by atoms with van der Waals surface area (Å²) in [5.74, 6) is 0.912. The molecule has 1 amide bonds. The average molecular weight is 373 g/mol. The minimum absolute atomic E-state index is 0.213. The van der Waals surface area contributed by atoms with Gasteiger partial charge < -0.3 is 14.8 Å². The van der Waals surface area contributed by atoms with Gasteiger partial charge >= 0.3 is 5.97 Å². The maximum absolute atomic E-state index is 11.8. The van der Waals surface area contributed by atoms with Crippen LogP contribution in [0, 0.1) is 6.92 Å². The Morgan fingerprint density at radius 3 is 2.38 bits per heavy atom. The van der Waals surface area contributed by atoms with Crippen molar-refractivity contribution in [1.82, 2.24) is 0 Å². The molecule has 6 heteroatoms. The van der Waals surface area contributed by atoms with Crippen LogP contribution in [0.1, 0.15) is 18.1 Å². The van der Waals surface area contributed by atoms with E-state index in [0.717, 1.165) is 17.1 Å².